The van der Waals surface area contributed by atoms with Gasteiger partial charge in [-0.05, 0) is 58.3 Å². The number of nitrogens with one attached hydrogen (secondary N) is 3. The maximum Gasteiger partial charge on any atom is 0.408 e. The number of carbonyl (C=O) groups is 4. The van der Waals surface area contributed by atoms with E-state index < -0.39 is 74.5 Å². The van der Waals surface area contributed by atoms with E-state index >= 15 is 0 Å². The molecule has 2 aromatic rings. The van der Waals surface area contributed by atoms with Crippen molar-refractivity contribution >= 4 is 45.7 Å². The lowest BCUT2D eigenvalue weighted by atomic mass is 9.85. The van der Waals surface area contributed by atoms with Crippen LogP contribution >= 0.6 is 11.6 Å². The van der Waals surface area contributed by atoms with Crippen LogP contribution in [0.15, 0.2) is 36.4 Å². The van der Waals surface area contributed by atoms with Crippen LogP contribution in [-0.2, 0) is 33.6 Å². The zero-order chi connectivity index (χ0) is 39.1. The van der Waals surface area contributed by atoms with E-state index in [9.17, 15) is 27.6 Å². The van der Waals surface area contributed by atoms with E-state index in [0.29, 0.717) is 30.7 Å². The second kappa shape index (κ2) is 14.7. The number of carbonyl (C=O) groups excluding carboxylic acids is 4. The molecule has 1 aromatic heterocycles. The molecule has 0 bridgehead atoms. The summed E-state index contributed by atoms with van der Waals surface area (Å²) < 4.78 is 44.4. The average Bonchev–Trinajstić information content (AvgIpc) is 3.90. The molecule has 1 aliphatic heterocycles. The van der Waals surface area contributed by atoms with Gasteiger partial charge in [0.15, 0.2) is 5.82 Å². The maximum atomic E-state index is 14.5. The minimum Gasteiger partial charge on any atom is -0.472 e. The number of halogens is 1. The van der Waals surface area contributed by atoms with Crippen LogP contribution in [0.4, 0.5) is 4.79 Å². The van der Waals surface area contributed by atoms with Crippen molar-refractivity contribution in [1.29, 1.82) is 0 Å². The van der Waals surface area contributed by atoms with Crippen LogP contribution in [0.5, 0.6) is 5.88 Å². The Kier molecular flexibility index (Phi) is 11.1. The molecule has 2 heterocycles. The Morgan fingerprint density at radius 1 is 1.06 bits per heavy atom. The van der Waals surface area contributed by atoms with Gasteiger partial charge in [-0.1, -0.05) is 76.0 Å². The summed E-state index contributed by atoms with van der Waals surface area (Å²) in [7, 11) is -4.46. The van der Waals surface area contributed by atoms with Gasteiger partial charge >= 0.3 is 16.4 Å². The molecule has 5 atom stereocenters. The number of likely N-dealkylation sites (tertiary alicyclic amines) is 1. The molecule has 15 nitrogen and oxygen atoms in total. The average molecular weight is 777 g/mol. The fourth-order valence-electron chi connectivity index (χ4n) is 6.32. The van der Waals surface area contributed by atoms with Crippen molar-refractivity contribution in [3.05, 3.63) is 41.6 Å². The molecule has 5 rings (SSSR count). The maximum absolute atomic E-state index is 14.5. The third-order valence-corrected chi connectivity index (χ3v) is 10.7. The highest BCUT2D eigenvalue weighted by molar-refractivity contribution is 7.85. The highest BCUT2D eigenvalue weighted by atomic mass is 35.5. The van der Waals surface area contributed by atoms with E-state index in [0.717, 1.165) is 0 Å². The molecular weight excluding hydrogens is 728 g/mol. The summed E-state index contributed by atoms with van der Waals surface area (Å²) in [6.07, 6.45) is 0.0806. The number of benzene rings is 1. The van der Waals surface area contributed by atoms with Crippen molar-refractivity contribution in [3.8, 4) is 17.3 Å². The smallest absolute Gasteiger partial charge is 0.408 e. The first-order valence-electron chi connectivity index (χ1n) is 17.7. The summed E-state index contributed by atoms with van der Waals surface area (Å²) in [5, 5.41) is 5.59. The van der Waals surface area contributed by atoms with Crippen LogP contribution in [-0.4, -0.2) is 88.6 Å². The lowest BCUT2D eigenvalue weighted by Crippen LogP contribution is -2.60. The molecule has 3 N–H and O–H groups in total. The van der Waals surface area contributed by atoms with Gasteiger partial charge in [-0.3, -0.25) is 14.4 Å². The Balaban J connectivity index is 1.42. The third kappa shape index (κ3) is 9.95. The highest BCUT2D eigenvalue weighted by Gasteiger charge is 2.62. The van der Waals surface area contributed by atoms with Gasteiger partial charge in [0, 0.05) is 18.1 Å². The molecule has 290 valence electrons. The summed E-state index contributed by atoms with van der Waals surface area (Å²) in [6, 6.07) is 8.22. The summed E-state index contributed by atoms with van der Waals surface area (Å²) >= 11 is 6.35. The van der Waals surface area contributed by atoms with Crippen LogP contribution in [0, 0.1) is 11.3 Å². The molecule has 2 aliphatic carbocycles. The summed E-state index contributed by atoms with van der Waals surface area (Å²) in [4.78, 5) is 65.4. The van der Waals surface area contributed by atoms with E-state index in [-0.39, 0.29) is 36.3 Å². The van der Waals surface area contributed by atoms with E-state index in [4.69, 9.17) is 25.3 Å². The van der Waals surface area contributed by atoms with Crippen molar-refractivity contribution in [3.63, 3.8) is 0 Å². The predicted octanol–water partition coefficient (Wildman–Crippen LogP) is 4.30. The van der Waals surface area contributed by atoms with Gasteiger partial charge in [0.05, 0.1) is 12.1 Å². The first-order chi connectivity index (χ1) is 24.5. The van der Waals surface area contributed by atoms with Gasteiger partial charge in [-0.25, -0.2) is 18.7 Å². The van der Waals surface area contributed by atoms with Crippen LogP contribution in [0.25, 0.3) is 11.4 Å². The molecule has 3 aliphatic rings. The molecule has 4 amide bonds. The molecule has 0 radical (unpaired) electrons. The first kappa shape index (κ1) is 40.2. The minimum absolute atomic E-state index is 0.0303. The number of ether oxygens (including phenoxy) is 2. The van der Waals surface area contributed by atoms with Crippen molar-refractivity contribution in [2.75, 3.05) is 6.54 Å². The molecule has 3 fully saturated rings. The highest BCUT2D eigenvalue weighted by Crippen LogP contribution is 2.47. The Morgan fingerprint density at radius 2 is 1.72 bits per heavy atom. The zero-order valence-corrected chi connectivity index (χ0v) is 32.9. The Labute approximate surface area is 315 Å². The van der Waals surface area contributed by atoms with Gasteiger partial charge in [-0.2, -0.15) is 13.4 Å². The Hall–Kier alpha value is -4.02. The van der Waals surface area contributed by atoms with Crippen molar-refractivity contribution < 1.29 is 41.3 Å². The van der Waals surface area contributed by atoms with Crippen LogP contribution in [0.2, 0.25) is 5.15 Å². The molecule has 2 saturated carbocycles. The number of hydrogen-bond donors (Lipinski definition) is 3. The number of aromatic nitrogens is 2. The largest absolute Gasteiger partial charge is 0.472 e. The Morgan fingerprint density at radius 3 is 2.28 bits per heavy atom. The molecule has 1 aromatic carbocycles. The topological polar surface area (TPSA) is 195 Å². The lowest BCUT2D eigenvalue weighted by molar-refractivity contribution is -0.143. The summed E-state index contributed by atoms with van der Waals surface area (Å²) in [6.45, 7) is 13.7. The van der Waals surface area contributed by atoms with Crippen LogP contribution < -0.4 is 20.1 Å². The third-order valence-electron chi connectivity index (χ3n) is 9.45. The monoisotopic (exact) mass is 776 g/mol. The molecule has 0 spiro atoms. The minimum atomic E-state index is -4.46. The number of hydrogen-bond acceptors (Lipinski definition) is 11. The predicted molar refractivity (Wildman–Crippen MR) is 195 cm³/mol. The zero-order valence-electron chi connectivity index (χ0n) is 31.3. The van der Waals surface area contributed by atoms with Crippen molar-refractivity contribution in [2.45, 2.75) is 122 Å². The lowest BCUT2D eigenvalue weighted by Gasteiger charge is -2.36. The van der Waals surface area contributed by atoms with Crippen LogP contribution in [0.1, 0.15) is 87.5 Å². The SMILES string of the molecule is CCC1C[C@]1(NC(=O)[C@@H]1C[C@@H](Oc2cc(Cl)nc(-c3ccccc3)n2)CN1C(=O)[C@@H](NC(=O)OC(C)(C)C)C(C)(C)C)C(=O)NS(=O)(=O)OC1(C)CC1. The second-order valence-corrected chi connectivity index (χ2v) is 18.0. The summed E-state index contributed by atoms with van der Waals surface area (Å²) in [5.74, 6) is -2.15. The standard InChI is InChI=1S/C36H49ClN6O9S/c1-9-22-19-36(22,31(46)42-53(48,49)52-35(8)15-16-35)41-29(44)24-17-23(50-26-18-25(37)38-28(39-26)21-13-11-10-12-14-21)20-43(24)30(45)27(33(2,3)4)40-32(47)51-34(5,6)7/h10-14,18,22-24,27H,9,15-17,19-20H2,1-8H3,(H,40,47)(H,41,44)(H,42,46)/t22?,23-,24+,27-,36-/m1/s1. The number of nitrogens with zero attached hydrogens (tertiary/aromatic N) is 3. The van der Waals surface area contributed by atoms with Gasteiger partial charge in [0.2, 0.25) is 17.7 Å². The molecular formula is C36H49ClN6O9S. The molecule has 17 heteroatoms. The molecule has 1 unspecified atom stereocenters. The number of amides is 4. The van der Waals surface area contributed by atoms with Gasteiger partial charge in [0.25, 0.3) is 5.91 Å². The van der Waals surface area contributed by atoms with E-state index in [1.165, 1.54) is 11.0 Å². The summed E-state index contributed by atoms with van der Waals surface area (Å²) in [5.41, 5.74) is -3.41. The van der Waals surface area contributed by atoms with Gasteiger partial charge in [0.1, 0.15) is 34.5 Å². The fraction of sp³-hybridized carbons (Fsp3) is 0.611. The van der Waals surface area contributed by atoms with Gasteiger partial charge < -0.3 is 25.0 Å². The van der Waals surface area contributed by atoms with Gasteiger partial charge in [-0.15, -0.1) is 0 Å². The first-order valence-corrected chi connectivity index (χ1v) is 19.5. The van der Waals surface area contributed by atoms with E-state index in [1.54, 1.807) is 48.5 Å². The number of alkyl carbamates (subject to hydrolysis) is 1. The van der Waals surface area contributed by atoms with E-state index in [1.807, 2.05) is 42.0 Å². The number of rotatable bonds is 12. The normalized spacial score (nSPS) is 24.1. The quantitative estimate of drug-likeness (QED) is 0.260. The second-order valence-electron chi connectivity index (χ2n) is 16.3. The van der Waals surface area contributed by atoms with Crippen molar-refractivity contribution in [2.24, 2.45) is 11.3 Å². The van der Waals surface area contributed by atoms with Crippen molar-refractivity contribution in [1.82, 2.24) is 30.2 Å². The van der Waals surface area contributed by atoms with Crippen LogP contribution in [0.3, 0.4) is 0 Å². The molecule has 1 saturated heterocycles. The van der Waals surface area contributed by atoms with E-state index in [2.05, 4.69) is 20.6 Å². The Bertz CT molecular complexity index is 1850. The molecule has 53 heavy (non-hydrogen) atoms. The fourth-order valence-corrected chi connectivity index (χ4v) is 7.64.